The van der Waals surface area contributed by atoms with E-state index in [0.29, 0.717) is 6.54 Å². The smallest absolute Gasteiger partial charge is 0.317 e. The number of urea groups is 1. The molecule has 0 spiro atoms. The van der Waals surface area contributed by atoms with Gasteiger partial charge < -0.3 is 24.3 Å². The Bertz CT molecular complexity index is 548. The molecule has 3 heterocycles. The fraction of sp³-hybridized carbons (Fsp3) is 0.722. The maximum atomic E-state index is 12.5. The molecule has 1 aromatic rings. The van der Waals surface area contributed by atoms with Crippen molar-refractivity contribution >= 4 is 6.03 Å². The lowest BCUT2D eigenvalue weighted by Gasteiger charge is -2.36. The molecular formula is C18H30N4O3. The van der Waals surface area contributed by atoms with E-state index in [9.17, 15) is 4.79 Å². The molecule has 7 nitrogen and oxygen atoms in total. The highest BCUT2D eigenvalue weighted by molar-refractivity contribution is 5.74. The second kappa shape index (κ2) is 8.69. The van der Waals surface area contributed by atoms with Crippen LogP contribution in [0.25, 0.3) is 0 Å². The Kier molecular flexibility index (Phi) is 6.34. The zero-order chi connectivity index (χ0) is 17.6. The van der Waals surface area contributed by atoms with Gasteiger partial charge in [0.15, 0.2) is 0 Å². The Morgan fingerprint density at radius 1 is 1.16 bits per heavy atom. The lowest BCUT2D eigenvalue weighted by Crippen LogP contribution is -2.53. The first-order valence-electron chi connectivity index (χ1n) is 9.30. The average Bonchev–Trinajstić information content (AvgIpc) is 3.09. The molecule has 2 aliphatic heterocycles. The molecule has 1 unspecified atom stereocenters. The maximum Gasteiger partial charge on any atom is 0.317 e. The monoisotopic (exact) mass is 350 g/mol. The molecule has 3 rings (SSSR count). The molecule has 0 aliphatic carbocycles. The fourth-order valence-corrected chi connectivity index (χ4v) is 3.49. The number of ether oxygens (including phenoxy) is 1. The van der Waals surface area contributed by atoms with Gasteiger partial charge in [-0.15, -0.1) is 0 Å². The first kappa shape index (κ1) is 18.2. The van der Waals surface area contributed by atoms with Gasteiger partial charge in [-0.1, -0.05) is 6.92 Å². The van der Waals surface area contributed by atoms with Gasteiger partial charge in [0.25, 0.3) is 0 Å². The highest BCUT2D eigenvalue weighted by Gasteiger charge is 2.27. The molecule has 0 aromatic carbocycles. The normalized spacial score (nSPS) is 21.3. The Morgan fingerprint density at radius 3 is 2.48 bits per heavy atom. The van der Waals surface area contributed by atoms with E-state index in [4.69, 9.17) is 9.15 Å². The zero-order valence-corrected chi connectivity index (χ0v) is 15.4. The van der Waals surface area contributed by atoms with Crippen LogP contribution in [0.2, 0.25) is 0 Å². The van der Waals surface area contributed by atoms with Crippen LogP contribution in [0.1, 0.15) is 24.5 Å². The predicted molar refractivity (Wildman–Crippen MR) is 95.7 cm³/mol. The van der Waals surface area contributed by atoms with Crippen LogP contribution in [0, 0.1) is 6.92 Å². The molecule has 2 saturated heterocycles. The molecule has 1 aromatic heterocycles. The minimum absolute atomic E-state index is 0.0253. The van der Waals surface area contributed by atoms with Crippen LogP contribution in [0.5, 0.6) is 0 Å². The van der Waals surface area contributed by atoms with Gasteiger partial charge in [-0.3, -0.25) is 4.90 Å². The summed E-state index contributed by atoms with van der Waals surface area (Å²) in [4.78, 5) is 19.1. The highest BCUT2D eigenvalue weighted by atomic mass is 16.5. The molecule has 1 N–H and O–H groups in total. The molecule has 25 heavy (non-hydrogen) atoms. The van der Waals surface area contributed by atoms with Crippen LogP contribution in [0.3, 0.4) is 0 Å². The second-order valence-corrected chi connectivity index (χ2v) is 6.72. The van der Waals surface area contributed by atoms with Crippen molar-refractivity contribution < 1.29 is 13.9 Å². The SMILES string of the molecule is CCN1CCN(C(=O)NCC(c2ccc(C)o2)N2CCOCC2)CC1. The van der Waals surface area contributed by atoms with Crippen molar-refractivity contribution in [3.05, 3.63) is 23.7 Å². The summed E-state index contributed by atoms with van der Waals surface area (Å²) in [7, 11) is 0. The van der Waals surface area contributed by atoms with Crippen molar-refractivity contribution in [3.63, 3.8) is 0 Å². The van der Waals surface area contributed by atoms with Crippen LogP contribution in [0.15, 0.2) is 16.5 Å². The molecule has 0 radical (unpaired) electrons. The van der Waals surface area contributed by atoms with Crippen molar-refractivity contribution in [2.75, 3.05) is 65.6 Å². The van der Waals surface area contributed by atoms with Gasteiger partial charge in [0, 0.05) is 45.8 Å². The van der Waals surface area contributed by atoms with Gasteiger partial charge in [-0.2, -0.15) is 0 Å². The van der Waals surface area contributed by atoms with Crippen molar-refractivity contribution in [3.8, 4) is 0 Å². The van der Waals surface area contributed by atoms with Crippen LogP contribution in [0.4, 0.5) is 4.79 Å². The van der Waals surface area contributed by atoms with Gasteiger partial charge in [-0.25, -0.2) is 4.79 Å². The number of piperazine rings is 1. The summed E-state index contributed by atoms with van der Waals surface area (Å²) >= 11 is 0. The molecule has 1 atom stereocenters. The van der Waals surface area contributed by atoms with Gasteiger partial charge in [0.05, 0.1) is 19.3 Å². The summed E-state index contributed by atoms with van der Waals surface area (Å²) < 4.78 is 11.3. The number of nitrogens with one attached hydrogen (secondary N) is 1. The first-order chi connectivity index (χ1) is 12.2. The molecular weight excluding hydrogens is 320 g/mol. The number of aryl methyl sites for hydroxylation is 1. The van der Waals surface area contributed by atoms with E-state index in [2.05, 4.69) is 22.0 Å². The standard InChI is InChI=1S/C18H30N4O3/c1-3-20-6-8-22(9-7-20)18(23)19-14-16(17-5-4-15(2)25-17)21-10-12-24-13-11-21/h4-5,16H,3,6-14H2,1-2H3,(H,19,23). The zero-order valence-electron chi connectivity index (χ0n) is 15.4. The number of hydrogen-bond donors (Lipinski definition) is 1. The Morgan fingerprint density at radius 2 is 1.88 bits per heavy atom. The molecule has 0 bridgehead atoms. The summed E-state index contributed by atoms with van der Waals surface area (Å²) in [5.41, 5.74) is 0. The van der Waals surface area contributed by atoms with Crippen LogP contribution in [-0.4, -0.2) is 86.3 Å². The van der Waals surface area contributed by atoms with Crippen molar-refractivity contribution in [1.82, 2.24) is 20.0 Å². The van der Waals surface area contributed by atoms with E-state index >= 15 is 0 Å². The number of carbonyl (C=O) groups excluding carboxylic acids is 1. The highest BCUT2D eigenvalue weighted by Crippen LogP contribution is 2.23. The molecule has 2 amide bonds. The second-order valence-electron chi connectivity index (χ2n) is 6.72. The molecule has 2 aliphatic rings. The minimum atomic E-state index is 0.0253. The molecule has 2 fully saturated rings. The quantitative estimate of drug-likeness (QED) is 0.868. The van der Waals surface area contributed by atoms with E-state index in [1.54, 1.807) is 0 Å². The van der Waals surface area contributed by atoms with E-state index < -0.39 is 0 Å². The van der Waals surface area contributed by atoms with Crippen LogP contribution >= 0.6 is 0 Å². The Balaban J connectivity index is 1.57. The molecule has 140 valence electrons. The lowest BCUT2D eigenvalue weighted by molar-refractivity contribution is 0.0118. The first-order valence-corrected chi connectivity index (χ1v) is 9.30. The third kappa shape index (κ3) is 4.74. The van der Waals surface area contributed by atoms with Gasteiger partial charge in [-0.05, 0) is 25.6 Å². The van der Waals surface area contributed by atoms with Crippen LogP contribution < -0.4 is 5.32 Å². The number of likely N-dealkylation sites (N-methyl/N-ethyl adjacent to an activating group) is 1. The van der Waals surface area contributed by atoms with E-state index in [1.165, 1.54) is 0 Å². The molecule has 0 saturated carbocycles. The van der Waals surface area contributed by atoms with Gasteiger partial charge in [0.2, 0.25) is 0 Å². The minimum Gasteiger partial charge on any atom is -0.465 e. The summed E-state index contributed by atoms with van der Waals surface area (Å²) in [5.74, 6) is 1.81. The third-order valence-electron chi connectivity index (χ3n) is 5.13. The van der Waals surface area contributed by atoms with E-state index in [0.717, 1.165) is 70.5 Å². The Labute approximate surface area is 149 Å². The van der Waals surface area contributed by atoms with E-state index in [1.807, 2.05) is 24.0 Å². The lowest BCUT2D eigenvalue weighted by atomic mass is 10.1. The number of hydrogen-bond acceptors (Lipinski definition) is 5. The topological polar surface area (TPSA) is 61.2 Å². The van der Waals surface area contributed by atoms with Crippen LogP contribution in [-0.2, 0) is 4.74 Å². The average molecular weight is 350 g/mol. The summed E-state index contributed by atoms with van der Waals surface area (Å²) in [6, 6.07) is 4.08. The van der Waals surface area contributed by atoms with Crippen molar-refractivity contribution in [2.24, 2.45) is 0 Å². The number of amides is 2. The summed E-state index contributed by atoms with van der Waals surface area (Å²) in [6.45, 7) is 12.4. The summed E-state index contributed by atoms with van der Waals surface area (Å²) in [6.07, 6.45) is 0. The largest absolute Gasteiger partial charge is 0.465 e. The molecule has 7 heteroatoms. The fourth-order valence-electron chi connectivity index (χ4n) is 3.49. The Hall–Kier alpha value is -1.57. The van der Waals surface area contributed by atoms with Crippen molar-refractivity contribution in [1.29, 1.82) is 0 Å². The third-order valence-corrected chi connectivity index (χ3v) is 5.13. The predicted octanol–water partition coefficient (Wildman–Crippen LogP) is 1.31. The number of carbonyl (C=O) groups is 1. The van der Waals surface area contributed by atoms with Crippen molar-refractivity contribution in [2.45, 2.75) is 19.9 Å². The number of morpholine rings is 1. The van der Waals surface area contributed by atoms with Gasteiger partial charge >= 0.3 is 6.03 Å². The number of rotatable bonds is 5. The van der Waals surface area contributed by atoms with E-state index in [-0.39, 0.29) is 12.1 Å². The van der Waals surface area contributed by atoms with Gasteiger partial charge in [0.1, 0.15) is 11.5 Å². The maximum absolute atomic E-state index is 12.5. The number of nitrogens with zero attached hydrogens (tertiary/aromatic N) is 3. The number of furan rings is 1. The summed E-state index contributed by atoms with van der Waals surface area (Å²) in [5, 5.41) is 3.12.